The van der Waals surface area contributed by atoms with E-state index in [-0.39, 0.29) is 24.2 Å². The van der Waals surface area contributed by atoms with E-state index in [2.05, 4.69) is 0 Å². The van der Waals surface area contributed by atoms with Gasteiger partial charge >= 0.3 is 5.97 Å². The lowest BCUT2D eigenvalue weighted by molar-refractivity contribution is -0.139. The minimum absolute atomic E-state index is 0.0134. The van der Waals surface area contributed by atoms with Crippen LogP contribution >= 0.6 is 0 Å². The maximum atomic E-state index is 15.2. The summed E-state index contributed by atoms with van der Waals surface area (Å²) in [5.74, 6) is -1.79. The van der Waals surface area contributed by atoms with Gasteiger partial charge in [-0.15, -0.1) is 0 Å². The Labute approximate surface area is 228 Å². The Kier molecular flexibility index (Phi) is 10.0. The van der Waals surface area contributed by atoms with Gasteiger partial charge in [0.15, 0.2) is 5.75 Å². The fourth-order valence-corrected chi connectivity index (χ4v) is 5.43. The Hall–Kier alpha value is -3.93. The van der Waals surface area contributed by atoms with Crippen molar-refractivity contribution in [1.29, 1.82) is 10.8 Å². The van der Waals surface area contributed by atoms with Crippen molar-refractivity contribution in [2.24, 2.45) is 5.73 Å². The molecule has 0 radical (unpaired) electrons. The largest absolute Gasteiger partial charge is 0.490 e. The van der Waals surface area contributed by atoms with Gasteiger partial charge in [-0.25, -0.2) is 12.8 Å². The maximum Gasteiger partial charge on any atom is 0.323 e. The summed E-state index contributed by atoms with van der Waals surface area (Å²) in [6.45, 7) is 4.11. The van der Waals surface area contributed by atoms with Crippen LogP contribution in [0, 0.1) is 10.8 Å². The number of piperidine rings is 1. The molecule has 1 heterocycles. The number of amidine groups is 2. The van der Waals surface area contributed by atoms with Crippen molar-refractivity contribution in [2.45, 2.75) is 32.8 Å². The number of ether oxygens (including phenoxy) is 2. The van der Waals surface area contributed by atoms with Crippen LogP contribution in [-0.2, 0) is 19.6 Å². The van der Waals surface area contributed by atoms with Crippen molar-refractivity contribution < 1.29 is 27.1 Å². The average Bonchev–Trinajstić information content (AvgIpc) is 2.88. The van der Waals surface area contributed by atoms with Gasteiger partial charge in [-0.1, -0.05) is 18.2 Å². The standard InChI is InChI=1S/C27H34FN5O5S/c1-3-37-26(34)18-39(35,36)33(17-22(28)16-20-5-4-6-21(15-20)27(30)31)23-7-9-24(10-8-23)38-25-11-13-32(14-12-25)19(2)29/h4-10,15-16,25,29H,3,11-14,17-18H2,1-2H3,(H3,30,31)/b22-16-,29-19?. The van der Waals surface area contributed by atoms with Crippen LogP contribution in [0.25, 0.3) is 6.08 Å². The first-order valence-electron chi connectivity index (χ1n) is 12.5. The predicted octanol–water partition coefficient (Wildman–Crippen LogP) is 3.52. The highest BCUT2D eigenvalue weighted by Gasteiger charge is 2.28. The van der Waals surface area contributed by atoms with E-state index in [9.17, 15) is 13.2 Å². The first-order valence-corrected chi connectivity index (χ1v) is 14.1. The zero-order valence-electron chi connectivity index (χ0n) is 22.0. The summed E-state index contributed by atoms with van der Waals surface area (Å²) < 4.78 is 53.2. The number of rotatable bonds is 11. The van der Waals surface area contributed by atoms with E-state index in [1.807, 2.05) is 4.90 Å². The molecule has 0 saturated carbocycles. The minimum atomic E-state index is -4.30. The lowest BCUT2D eigenvalue weighted by atomic mass is 10.1. The SMILES string of the molecule is CCOC(=O)CS(=O)(=O)N(C/C(F)=C/c1cccc(C(=N)N)c1)c1ccc(OC2CCN(C(C)=N)CC2)cc1. The molecule has 0 aromatic heterocycles. The number of anilines is 1. The van der Waals surface area contributed by atoms with Gasteiger partial charge in [0.25, 0.3) is 0 Å². The van der Waals surface area contributed by atoms with E-state index in [1.54, 1.807) is 44.2 Å². The fraction of sp³-hybridized carbons (Fsp3) is 0.370. The Bertz CT molecular complexity index is 1320. The number of halogens is 1. The molecule has 210 valence electrons. The number of benzene rings is 2. The lowest BCUT2D eigenvalue weighted by Gasteiger charge is -2.33. The minimum Gasteiger partial charge on any atom is -0.490 e. The monoisotopic (exact) mass is 559 g/mol. The highest BCUT2D eigenvalue weighted by Crippen LogP contribution is 2.26. The molecule has 0 amide bonds. The van der Waals surface area contributed by atoms with Gasteiger partial charge in [0, 0.05) is 31.5 Å². The zero-order valence-corrected chi connectivity index (χ0v) is 22.8. The Morgan fingerprint density at radius 2 is 1.85 bits per heavy atom. The van der Waals surface area contributed by atoms with E-state index < -0.39 is 34.1 Å². The lowest BCUT2D eigenvalue weighted by Crippen LogP contribution is -2.40. The maximum absolute atomic E-state index is 15.2. The topological polar surface area (TPSA) is 150 Å². The number of nitrogens with zero attached hydrogens (tertiary/aromatic N) is 2. The van der Waals surface area contributed by atoms with Gasteiger partial charge in [-0.2, -0.15) is 0 Å². The number of nitrogen functional groups attached to an aromatic ring is 1. The molecule has 1 aliphatic heterocycles. The van der Waals surface area contributed by atoms with Crippen molar-refractivity contribution in [3.05, 3.63) is 65.5 Å². The Morgan fingerprint density at radius 3 is 2.44 bits per heavy atom. The van der Waals surface area contributed by atoms with Crippen LogP contribution in [0.1, 0.15) is 37.8 Å². The van der Waals surface area contributed by atoms with Crippen molar-refractivity contribution in [3.63, 3.8) is 0 Å². The van der Waals surface area contributed by atoms with Crippen molar-refractivity contribution >= 4 is 39.4 Å². The van der Waals surface area contributed by atoms with Gasteiger partial charge in [-0.05, 0) is 55.8 Å². The Morgan fingerprint density at radius 1 is 1.18 bits per heavy atom. The predicted molar refractivity (Wildman–Crippen MR) is 149 cm³/mol. The van der Waals surface area contributed by atoms with Crippen molar-refractivity contribution in [3.8, 4) is 5.75 Å². The van der Waals surface area contributed by atoms with Gasteiger partial charge in [-0.3, -0.25) is 19.9 Å². The molecule has 2 aromatic rings. The molecule has 0 bridgehead atoms. The fourth-order valence-electron chi connectivity index (χ4n) is 4.13. The molecule has 1 saturated heterocycles. The first kappa shape index (κ1) is 29.6. The van der Waals surface area contributed by atoms with Crippen molar-refractivity contribution in [1.82, 2.24) is 4.90 Å². The number of hydrogen-bond donors (Lipinski definition) is 3. The smallest absolute Gasteiger partial charge is 0.323 e. The normalized spacial score (nSPS) is 14.5. The van der Waals surface area contributed by atoms with E-state index in [1.165, 1.54) is 18.2 Å². The number of carbonyl (C=O) groups excluding carboxylic acids is 1. The van der Waals surface area contributed by atoms with E-state index in [0.29, 0.717) is 22.7 Å². The quantitative estimate of drug-likeness (QED) is 0.217. The molecule has 0 atom stereocenters. The third kappa shape index (κ3) is 8.54. The third-order valence-electron chi connectivity index (χ3n) is 6.10. The van der Waals surface area contributed by atoms with Gasteiger partial charge < -0.3 is 20.1 Å². The number of hydrogen-bond acceptors (Lipinski definition) is 7. The van der Waals surface area contributed by atoms with Crippen LogP contribution in [0.15, 0.2) is 54.4 Å². The highest BCUT2D eigenvalue weighted by molar-refractivity contribution is 7.93. The number of sulfonamides is 1. The molecule has 2 aromatic carbocycles. The highest BCUT2D eigenvalue weighted by atomic mass is 32.2. The van der Waals surface area contributed by atoms with Crippen LogP contribution in [0.2, 0.25) is 0 Å². The second-order valence-corrected chi connectivity index (χ2v) is 11.0. The molecular formula is C27H34FN5O5S. The van der Waals surface area contributed by atoms with E-state index >= 15 is 4.39 Å². The molecule has 3 rings (SSSR count). The van der Waals surface area contributed by atoms with Crippen LogP contribution in [0.4, 0.5) is 10.1 Å². The number of nitrogens with two attached hydrogens (primary N) is 1. The van der Waals surface area contributed by atoms with Crippen molar-refractivity contribution in [2.75, 3.05) is 36.3 Å². The van der Waals surface area contributed by atoms with Gasteiger partial charge in [0.2, 0.25) is 10.0 Å². The number of carbonyl (C=O) groups is 1. The second-order valence-electron chi connectivity index (χ2n) is 9.08. The average molecular weight is 560 g/mol. The van der Waals surface area contributed by atoms with E-state index in [4.69, 9.17) is 26.0 Å². The summed E-state index contributed by atoms with van der Waals surface area (Å²) >= 11 is 0. The number of likely N-dealkylation sites (tertiary alicyclic amines) is 1. The molecular weight excluding hydrogens is 525 g/mol. The Balaban J connectivity index is 1.81. The molecule has 4 N–H and O–H groups in total. The summed E-state index contributed by atoms with van der Waals surface area (Å²) in [4.78, 5) is 14.0. The van der Waals surface area contributed by atoms with Gasteiger partial charge in [0.1, 0.15) is 23.5 Å². The zero-order chi connectivity index (χ0) is 28.6. The number of esters is 1. The summed E-state index contributed by atoms with van der Waals surface area (Å²) in [5.41, 5.74) is 6.46. The summed E-state index contributed by atoms with van der Waals surface area (Å²) in [5, 5.41) is 15.3. The summed E-state index contributed by atoms with van der Waals surface area (Å²) in [7, 11) is -4.30. The molecule has 0 unspecified atom stereocenters. The van der Waals surface area contributed by atoms with E-state index in [0.717, 1.165) is 36.3 Å². The third-order valence-corrected chi connectivity index (χ3v) is 7.71. The molecule has 1 aliphatic rings. The molecule has 10 nitrogen and oxygen atoms in total. The summed E-state index contributed by atoms with van der Waals surface area (Å²) in [6.07, 6.45) is 2.61. The van der Waals surface area contributed by atoms with Crippen LogP contribution in [0.3, 0.4) is 0 Å². The second kappa shape index (κ2) is 13.2. The molecule has 1 fully saturated rings. The molecule has 0 spiro atoms. The van der Waals surface area contributed by atoms with Crippen LogP contribution in [0.5, 0.6) is 5.75 Å². The van der Waals surface area contributed by atoms with Crippen LogP contribution in [-0.4, -0.2) is 69.1 Å². The van der Waals surface area contributed by atoms with Gasteiger partial charge in [0.05, 0.1) is 24.7 Å². The first-order chi connectivity index (χ1) is 18.5. The molecule has 12 heteroatoms. The van der Waals surface area contributed by atoms with Crippen LogP contribution < -0.4 is 14.8 Å². The summed E-state index contributed by atoms with van der Waals surface area (Å²) in [6, 6.07) is 12.5. The number of nitrogens with one attached hydrogen (secondary N) is 2. The molecule has 39 heavy (non-hydrogen) atoms. The molecule has 0 aliphatic carbocycles.